The second-order valence-corrected chi connectivity index (χ2v) is 4.93. The van der Waals surface area contributed by atoms with Crippen molar-refractivity contribution in [2.45, 2.75) is 26.2 Å². The Kier molecular flexibility index (Phi) is 4.41. The normalized spacial score (nSPS) is 11.9. The number of benzene rings is 2. The molecule has 3 heteroatoms. The lowest BCUT2D eigenvalue weighted by molar-refractivity contribution is -0.117. The van der Waals surface area contributed by atoms with Crippen LogP contribution in [0.15, 0.2) is 48.5 Å². The lowest BCUT2D eigenvalue weighted by atomic mass is 9.99. The maximum Gasteiger partial charge on any atom is 0.231 e. The van der Waals surface area contributed by atoms with Gasteiger partial charge in [0, 0.05) is 11.4 Å². The van der Waals surface area contributed by atoms with E-state index in [9.17, 15) is 4.79 Å². The molecule has 0 aliphatic heterocycles. The van der Waals surface area contributed by atoms with Gasteiger partial charge >= 0.3 is 0 Å². The average molecular weight is 268 g/mol. The standard InChI is InChI=1S/C17H20N2O/c1-3-13-6-4-9-16(10-13)19-17(20)12(2)14-7-5-8-15(18)11-14/h4-12H,3,18H2,1-2H3,(H,19,20). The molecule has 3 nitrogen and oxygen atoms in total. The highest BCUT2D eigenvalue weighted by Gasteiger charge is 2.15. The maximum absolute atomic E-state index is 12.3. The molecule has 0 fully saturated rings. The number of carbonyl (C=O) groups is 1. The Balaban J connectivity index is 2.11. The van der Waals surface area contributed by atoms with Crippen molar-refractivity contribution in [2.75, 3.05) is 11.1 Å². The summed E-state index contributed by atoms with van der Waals surface area (Å²) in [6.07, 6.45) is 0.953. The van der Waals surface area contributed by atoms with Crippen LogP contribution in [0.5, 0.6) is 0 Å². The predicted octanol–water partition coefficient (Wildman–Crippen LogP) is 3.57. The number of anilines is 2. The molecule has 1 atom stereocenters. The zero-order valence-electron chi connectivity index (χ0n) is 11.9. The third-order valence-electron chi connectivity index (χ3n) is 3.41. The zero-order chi connectivity index (χ0) is 14.5. The fourth-order valence-electron chi connectivity index (χ4n) is 2.10. The second kappa shape index (κ2) is 6.24. The Morgan fingerprint density at radius 3 is 2.65 bits per heavy atom. The van der Waals surface area contributed by atoms with Crippen LogP contribution in [0.1, 0.15) is 30.9 Å². The summed E-state index contributed by atoms with van der Waals surface area (Å²) in [6, 6.07) is 15.4. The molecule has 0 bridgehead atoms. The van der Waals surface area contributed by atoms with Gasteiger partial charge in [-0.3, -0.25) is 4.79 Å². The molecular formula is C17H20N2O. The number of amides is 1. The molecule has 2 rings (SSSR count). The van der Waals surface area contributed by atoms with Crippen LogP contribution < -0.4 is 11.1 Å². The van der Waals surface area contributed by atoms with E-state index in [2.05, 4.69) is 18.3 Å². The molecule has 20 heavy (non-hydrogen) atoms. The lowest BCUT2D eigenvalue weighted by Gasteiger charge is -2.13. The summed E-state index contributed by atoms with van der Waals surface area (Å²) in [5.41, 5.74) is 9.40. The van der Waals surface area contributed by atoms with E-state index in [1.807, 2.05) is 49.4 Å². The average Bonchev–Trinajstić information content (AvgIpc) is 2.46. The van der Waals surface area contributed by atoms with Gasteiger partial charge < -0.3 is 11.1 Å². The van der Waals surface area contributed by atoms with Gasteiger partial charge in [0.25, 0.3) is 0 Å². The van der Waals surface area contributed by atoms with Crippen molar-refractivity contribution in [3.8, 4) is 0 Å². The summed E-state index contributed by atoms with van der Waals surface area (Å²) >= 11 is 0. The first-order valence-corrected chi connectivity index (χ1v) is 6.85. The Morgan fingerprint density at radius 1 is 1.20 bits per heavy atom. The van der Waals surface area contributed by atoms with Crippen molar-refractivity contribution >= 4 is 17.3 Å². The monoisotopic (exact) mass is 268 g/mol. The van der Waals surface area contributed by atoms with Crippen molar-refractivity contribution < 1.29 is 4.79 Å². The van der Waals surface area contributed by atoms with Gasteiger partial charge in [-0.2, -0.15) is 0 Å². The van der Waals surface area contributed by atoms with Crippen LogP contribution in [0.4, 0.5) is 11.4 Å². The summed E-state index contributed by atoms with van der Waals surface area (Å²) in [5, 5.41) is 2.95. The third kappa shape index (κ3) is 3.38. The zero-order valence-corrected chi connectivity index (χ0v) is 11.9. The molecule has 0 radical (unpaired) electrons. The first-order chi connectivity index (χ1) is 9.60. The number of hydrogen-bond donors (Lipinski definition) is 2. The molecule has 3 N–H and O–H groups in total. The Bertz CT molecular complexity index is 607. The van der Waals surface area contributed by atoms with Crippen LogP contribution in [0, 0.1) is 0 Å². The third-order valence-corrected chi connectivity index (χ3v) is 3.41. The van der Waals surface area contributed by atoms with Crippen LogP contribution in [-0.2, 0) is 11.2 Å². The van der Waals surface area contributed by atoms with Gasteiger partial charge in [0.15, 0.2) is 0 Å². The number of nitrogens with one attached hydrogen (secondary N) is 1. The summed E-state index contributed by atoms with van der Waals surface area (Å²) in [6.45, 7) is 3.98. The summed E-state index contributed by atoms with van der Waals surface area (Å²) in [7, 11) is 0. The van der Waals surface area contributed by atoms with Gasteiger partial charge in [0.05, 0.1) is 5.92 Å². The topological polar surface area (TPSA) is 55.1 Å². The summed E-state index contributed by atoms with van der Waals surface area (Å²) in [4.78, 5) is 12.3. The molecule has 0 aliphatic carbocycles. The lowest BCUT2D eigenvalue weighted by Crippen LogP contribution is -2.19. The van der Waals surface area contributed by atoms with Gasteiger partial charge in [-0.15, -0.1) is 0 Å². The molecule has 0 saturated carbocycles. The fraction of sp³-hybridized carbons (Fsp3) is 0.235. The van der Waals surface area contributed by atoms with Gasteiger partial charge in [0.1, 0.15) is 0 Å². The minimum Gasteiger partial charge on any atom is -0.399 e. The van der Waals surface area contributed by atoms with Gasteiger partial charge in [0.2, 0.25) is 5.91 Å². The fourth-order valence-corrected chi connectivity index (χ4v) is 2.10. The van der Waals surface area contributed by atoms with E-state index in [1.54, 1.807) is 0 Å². The first kappa shape index (κ1) is 14.1. The van der Waals surface area contributed by atoms with E-state index in [-0.39, 0.29) is 11.8 Å². The maximum atomic E-state index is 12.3. The van der Waals surface area contributed by atoms with Crippen molar-refractivity contribution in [3.63, 3.8) is 0 Å². The molecule has 1 unspecified atom stereocenters. The largest absolute Gasteiger partial charge is 0.399 e. The Morgan fingerprint density at radius 2 is 1.95 bits per heavy atom. The van der Waals surface area contributed by atoms with E-state index < -0.39 is 0 Å². The van der Waals surface area contributed by atoms with Crippen LogP contribution >= 0.6 is 0 Å². The predicted molar refractivity (Wildman–Crippen MR) is 83.7 cm³/mol. The number of carbonyl (C=O) groups excluding carboxylic acids is 1. The molecule has 2 aromatic carbocycles. The quantitative estimate of drug-likeness (QED) is 0.833. The van der Waals surface area contributed by atoms with E-state index in [0.29, 0.717) is 5.69 Å². The minimum atomic E-state index is -0.233. The highest BCUT2D eigenvalue weighted by atomic mass is 16.1. The minimum absolute atomic E-state index is 0.0242. The molecule has 0 heterocycles. The van der Waals surface area contributed by atoms with Crippen LogP contribution in [-0.4, -0.2) is 5.91 Å². The molecule has 1 amide bonds. The van der Waals surface area contributed by atoms with Crippen molar-refractivity contribution in [1.29, 1.82) is 0 Å². The van der Waals surface area contributed by atoms with Crippen molar-refractivity contribution in [2.24, 2.45) is 0 Å². The summed E-state index contributed by atoms with van der Waals surface area (Å²) in [5.74, 6) is -0.257. The van der Waals surface area contributed by atoms with Crippen LogP contribution in [0.3, 0.4) is 0 Å². The molecule has 2 aromatic rings. The van der Waals surface area contributed by atoms with Crippen LogP contribution in [0.25, 0.3) is 0 Å². The van der Waals surface area contributed by atoms with Crippen molar-refractivity contribution in [3.05, 3.63) is 59.7 Å². The van der Waals surface area contributed by atoms with Crippen LogP contribution in [0.2, 0.25) is 0 Å². The molecule has 0 aromatic heterocycles. The van der Waals surface area contributed by atoms with Crippen molar-refractivity contribution in [1.82, 2.24) is 0 Å². The van der Waals surface area contributed by atoms with E-state index >= 15 is 0 Å². The van der Waals surface area contributed by atoms with Gasteiger partial charge in [-0.25, -0.2) is 0 Å². The highest BCUT2D eigenvalue weighted by molar-refractivity contribution is 5.95. The number of nitrogens with two attached hydrogens (primary N) is 1. The summed E-state index contributed by atoms with van der Waals surface area (Å²) < 4.78 is 0. The first-order valence-electron chi connectivity index (χ1n) is 6.85. The number of hydrogen-bond acceptors (Lipinski definition) is 2. The molecular weight excluding hydrogens is 248 g/mol. The number of aryl methyl sites for hydroxylation is 1. The number of rotatable bonds is 4. The van der Waals surface area contributed by atoms with Gasteiger partial charge in [-0.1, -0.05) is 31.2 Å². The smallest absolute Gasteiger partial charge is 0.231 e. The molecule has 0 saturated heterocycles. The Hall–Kier alpha value is -2.29. The van der Waals surface area contributed by atoms with E-state index in [1.165, 1.54) is 5.56 Å². The highest BCUT2D eigenvalue weighted by Crippen LogP contribution is 2.20. The number of nitrogen functional groups attached to an aromatic ring is 1. The second-order valence-electron chi connectivity index (χ2n) is 4.93. The molecule has 0 spiro atoms. The Labute approximate surface area is 119 Å². The van der Waals surface area contributed by atoms with E-state index in [0.717, 1.165) is 17.7 Å². The van der Waals surface area contributed by atoms with Gasteiger partial charge in [-0.05, 0) is 48.7 Å². The van der Waals surface area contributed by atoms with E-state index in [4.69, 9.17) is 5.73 Å². The molecule has 0 aliphatic rings. The SMILES string of the molecule is CCc1cccc(NC(=O)C(C)c2cccc(N)c2)c1. The molecule has 104 valence electrons.